The Morgan fingerprint density at radius 1 is 1.11 bits per heavy atom. The molecule has 0 aromatic heterocycles. The van der Waals surface area contributed by atoms with Crippen molar-refractivity contribution in [3.8, 4) is 5.75 Å². The van der Waals surface area contributed by atoms with Gasteiger partial charge in [-0.1, -0.05) is 24.3 Å². The second-order valence-electron chi connectivity index (χ2n) is 7.10. The molecule has 5 nitrogen and oxygen atoms in total. The number of aromatic hydroxyl groups is 1. The van der Waals surface area contributed by atoms with Crippen molar-refractivity contribution in [1.29, 1.82) is 0 Å². The predicted octanol–water partition coefficient (Wildman–Crippen LogP) is 3.61. The molecule has 1 atom stereocenters. The number of phenols is 1. The summed E-state index contributed by atoms with van der Waals surface area (Å²) in [6.45, 7) is 3.30. The van der Waals surface area contributed by atoms with E-state index in [1.165, 1.54) is 30.0 Å². The third kappa shape index (κ3) is 4.67. The molecule has 0 heterocycles. The van der Waals surface area contributed by atoms with Crippen LogP contribution in [-0.2, 0) is 22.4 Å². The van der Waals surface area contributed by atoms with Crippen LogP contribution in [0.5, 0.6) is 5.75 Å². The fourth-order valence-corrected chi connectivity index (χ4v) is 3.34. The Labute approximate surface area is 159 Å². The minimum Gasteiger partial charge on any atom is -0.508 e. The topological polar surface area (TPSA) is 75.6 Å². The van der Waals surface area contributed by atoms with Crippen LogP contribution < -0.4 is 5.32 Å². The van der Waals surface area contributed by atoms with Crippen LogP contribution in [0.25, 0.3) is 0 Å². The van der Waals surface area contributed by atoms with Crippen LogP contribution in [0, 0.1) is 6.92 Å². The Hall–Kier alpha value is -2.82. The van der Waals surface area contributed by atoms with Gasteiger partial charge in [-0.15, -0.1) is 0 Å². The minimum absolute atomic E-state index is 0.0231. The smallest absolute Gasteiger partial charge is 0.338 e. The van der Waals surface area contributed by atoms with E-state index in [1.54, 1.807) is 19.1 Å². The molecule has 2 aromatic carbocycles. The quantitative estimate of drug-likeness (QED) is 0.792. The first kappa shape index (κ1) is 19.0. The SMILES string of the molecule is Cc1ccc(C(=O)OCC(=O)N[C@H](C)c2ccc3c(c2)CCCC3)cc1O. The predicted molar refractivity (Wildman–Crippen MR) is 103 cm³/mol. The second kappa shape index (κ2) is 8.25. The van der Waals surface area contributed by atoms with E-state index in [4.69, 9.17) is 4.74 Å². The maximum Gasteiger partial charge on any atom is 0.338 e. The lowest BCUT2D eigenvalue weighted by atomic mass is 9.89. The summed E-state index contributed by atoms with van der Waals surface area (Å²) in [4.78, 5) is 24.2. The van der Waals surface area contributed by atoms with Crippen molar-refractivity contribution < 1.29 is 19.4 Å². The zero-order chi connectivity index (χ0) is 19.4. The number of aryl methyl sites for hydroxylation is 3. The van der Waals surface area contributed by atoms with Gasteiger partial charge in [-0.25, -0.2) is 4.79 Å². The number of carbonyl (C=O) groups is 2. The molecule has 27 heavy (non-hydrogen) atoms. The number of rotatable bonds is 5. The molecule has 0 aliphatic heterocycles. The molecule has 0 spiro atoms. The van der Waals surface area contributed by atoms with Crippen molar-refractivity contribution in [2.24, 2.45) is 0 Å². The molecule has 0 saturated heterocycles. The van der Waals surface area contributed by atoms with Gasteiger partial charge in [-0.2, -0.15) is 0 Å². The lowest BCUT2D eigenvalue weighted by Crippen LogP contribution is -2.31. The number of amides is 1. The summed E-state index contributed by atoms with van der Waals surface area (Å²) in [7, 11) is 0. The van der Waals surface area contributed by atoms with Crippen molar-refractivity contribution >= 4 is 11.9 Å². The molecule has 5 heteroatoms. The molecule has 142 valence electrons. The highest BCUT2D eigenvalue weighted by Crippen LogP contribution is 2.24. The number of hydrogen-bond acceptors (Lipinski definition) is 4. The third-order valence-corrected chi connectivity index (χ3v) is 5.03. The van der Waals surface area contributed by atoms with Crippen molar-refractivity contribution in [1.82, 2.24) is 5.32 Å². The monoisotopic (exact) mass is 367 g/mol. The van der Waals surface area contributed by atoms with Gasteiger partial charge in [-0.3, -0.25) is 4.79 Å². The first-order valence-electron chi connectivity index (χ1n) is 9.32. The van der Waals surface area contributed by atoms with Gasteiger partial charge in [0.15, 0.2) is 6.61 Å². The fraction of sp³-hybridized carbons (Fsp3) is 0.364. The van der Waals surface area contributed by atoms with E-state index in [-0.39, 0.29) is 29.9 Å². The average molecular weight is 367 g/mol. The van der Waals surface area contributed by atoms with Gasteiger partial charge in [0.2, 0.25) is 0 Å². The Morgan fingerprint density at radius 2 is 1.85 bits per heavy atom. The van der Waals surface area contributed by atoms with E-state index in [2.05, 4.69) is 23.5 Å². The van der Waals surface area contributed by atoms with Crippen molar-refractivity contribution in [3.63, 3.8) is 0 Å². The zero-order valence-corrected chi connectivity index (χ0v) is 15.7. The normalized spacial score (nSPS) is 14.1. The van der Waals surface area contributed by atoms with Crippen LogP contribution in [-0.4, -0.2) is 23.6 Å². The van der Waals surface area contributed by atoms with E-state index >= 15 is 0 Å². The summed E-state index contributed by atoms with van der Waals surface area (Å²) in [6.07, 6.45) is 4.66. The van der Waals surface area contributed by atoms with E-state index < -0.39 is 5.97 Å². The second-order valence-corrected chi connectivity index (χ2v) is 7.10. The Kier molecular flexibility index (Phi) is 5.79. The first-order chi connectivity index (χ1) is 12.9. The number of phenolic OH excluding ortho intramolecular Hbond substituents is 1. The Balaban J connectivity index is 1.54. The number of ether oxygens (including phenoxy) is 1. The molecule has 0 radical (unpaired) electrons. The summed E-state index contributed by atoms with van der Waals surface area (Å²) >= 11 is 0. The highest BCUT2D eigenvalue weighted by atomic mass is 16.5. The van der Waals surface area contributed by atoms with E-state index in [0.29, 0.717) is 5.56 Å². The average Bonchev–Trinajstić information content (AvgIpc) is 2.67. The van der Waals surface area contributed by atoms with Crippen molar-refractivity contribution in [2.75, 3.05) is 6.61 Å². The van der Waals surface area contributed by atoms with Crippen LogP contribution in [0.3, 0.4) is 0 Å². The van der Waals surface area contributed by atoms with Gasteiger partial charge >= 0.3 is 5.97 Å². The lowest BCUT2D eigenvalue weighted by Gasteiger charge is -2.20. The van der Waals surface area contributed by atoms with Crippen LogP contribution in [0.1, 0.15) is 58.4 Å². The van der Waals surface area contributed by atoms with Crippen molar-refractivity contribution in [3.05, 3.63) is 64.2 Å². The highest BCUT2D eigenvalue weighted by Gasteiger charge is 2.16. The van der Waals surface area contributed by atoms with E-state index in [9.17, 15) is 14.7 Å². The van der Waals surface area contributed by atoms with Crippen LogP contribution >= 0.6 is 0 Å². The molecule has 2 aromatic rings. The van der Waals surface area contributed by atoms with Gasteiger partial charge in [-0.05, 0) is 73.9 Å². The van der Waals surface area contributed by atoms with Gasteiger partial charge in [0.1, 0.15) is 5.75 Å². The van der Waals surface area contributed by atoms with E-state index in [0.717, 1.165) is 18.4 Å². The molecule has 0 fully saturated rings. The lowest BCUT2D eigenvalue weighted by molar-refractivity contribution is -0.124. The molecular formula is C22H25NO4. The number of nitrogens with one attached hydrogen (secondary N) is 1. The fourth-order valence-electron chi connectivity index (χ4n) is 3.34. The maximum atomic E-state index is 12.1. The minimum atomic E-state index is -0.637. The number of fused-ring (bicyclic) bond motifs is 1. The molecule has 0 bridgehead atoms. The van der Waals surface area contributed by atoms with Crippen LogP contribution in [0.15, 0.2) is 36.4 Å². The molecule has 0 unspecified atom stereocenters. The van der Waals surface area contributed by atoms with Crippen LogP contribution in [0.2, 0.25) is 0 Å². The molecule has 2 N–H and O–H groups in total. The Morgan fingerprint density at radius 3 is 2.59 bits per heavy atom. The third-order valence-electron chi connectivity index (χ3n) is 5.03. The molecule has 1 aliphatic carbocycles. The summed E-state index contributed by atoms with van der Waals surface area (Å²) in [5.74, 6) is -0.971. The summed E-state index contributed by atoms with van der Waals surface area (Å²) in [6, 6.07) is 10.7. The van der Waals surface area contributed by atoms with Gasteiger partial charge < -0.3 is 15.2 Å². The van der Waals surface area contributed by atoms with Gasteiger partial charge in [0.25, 0.3) is 5.91 Å². The van der Waals surface area contributed by atoms with Gasteiger partial charge in [0, 0.05) is 0 Å². The van der Waals surface area contributed by atoms with E-state index in [1.807, 2.05) is 6.92 Å². The number of hydrogen-bond donors (Lipinski definition) is 2. The first-order valence-corrected chi connectivity index (χ1v) is 9.32. The molecule has 1 aliphatic rings. The summed E-state index contributed by atoms with van der Waals surface area (Å²) in [5.41, 5.74) is 4.71. The summed E-state index contributed by atoms with van der Waals surface area (Å²) < 4.78 is 5.05. The highest BCUT2D eigenvalue weighted by molar-refractivity contribution is 5.91. The number of esters is 1. The van der Waals surface area contributed by atoms with Crippen LogP contribution in [0.4, 0.5) is 0 Å². The molecule has 3 rings (SSSR count). The number of carbonyl (C=O) groups excluding carboxylic acids is 2. The summed E-state index contributed by atoms with van der Waals surface area (Å²) in [5, 5.41) is 12.5. The molecule has 1 amide bonds. The Bertz CT molecular complexity index is 859. The largest absolute Gasteiger partial charge is 0.508 e. The van der Waals surface area contributed by atoms with Crippen molar-refractivity contribution in [2.45, 2.75) is 45.6 Å². The van der Waals surface area contributed by atoms with Gasteiger partial charge in [0.05, 0.1) is 11.6 Å². The maximum absolute atomic E-state index is 12.1. The zero-order valence-electron chi connectivity index (χ0n) is 15.7. The standard InChI is InChI=1S/C22H25NO4/c1-14-7-8-19(12-20(14)24)22(26)27-13-21(25)23-15(2)17-10-9-16-5-3-4-6-18(16)11-17/h7-12,15,24H,3-6,13H2,1-2H3,(H,23,25)/t15-/m1/s1. The molecular weight excluding hydrogens is 342 g/mol. The molecule has 0 saturated carbocycles. The number of benzene rings is 2.